The van der Waals surface area contributed by atoms with Crippen LogP contribution in [0.15, 0.2) is 0 Å². The second-order valence-corrected chi connectivity index (χ2v) is 1.96. The van der Waals surface area contributed by atoms with Crippen molar-refractivity contribution in [3.63, 3.8) is 0 Å². The van der Waals surface area contributed by atoms with Crippen LogP contribution >= 0.6 is 0 Å². The zero-order chi connectivity index (χ0) is 7.98. The maximum atomic E-state index is 10.6. The van der Waals surface area contributed by atoms with Gasteiger partial charge in [0.2, 0.25) is 5.91 Å². The van der Waals surface area contributed by atoms with E-state index < -0.39 is 6.10 Å². The molecule has 4 heteroatoms. The molecule has 0 unspecified atom stereocenters. The number of hydrogen-bond donors (Lipinski definition) is 2. The lowest BCUT2D eigenvalue weighted by Crippen LogP contribution is -2.34. The fourth-order valence-corrected chi connectivity index (χ4v) is 0.424. The third kappa shape index (κ3) is 4.29. The van der Waals surface area contributed by atoms with Gasteiger partial charge >= 0.3 is 0 Å². The summed E-state index contributed by atoms with van der Waals surface area (Å²) >= 11 is 0. The fourth-order valence-electron chi connectivity index (χ4n) is 0.424. The monoisotopic (exact) mass is 147 g/mol. The van der Waals surface area contributed by atoms with Crippen LogP contribution in [0, 0.1) is 0 Å². The SMILES string of the molecule is COCCNC(=O)[C@@H](C)O. The average Bonchev–Trinajstić information content (AvgIpc) is 1.88. The second-order valence-electron chi connectivity index (χ2n) is 1.96. The molecule has 0 aromatic carbocycles. The summed E-state index contributed by atoms with van der Waals surface area (Å²) in [6.45, 7) is 2.33. The first-order valence-corrected chi connectivity index (χ1v) is 3.13. The van der Waals surface area contributed by atoms with Crippen LogP contribution in [0.25, 0.3) is 0 Å². The van der Waals surface area contributed by atoms with Crippen LogP contribution in [-0.2, 0) is 9.53 Å². The Morgan fingerprint density at radius 2 is 2.40 bits per heavy atom. The van der Waals surface area contributed by atoms with E-state index in [9.17, 15) is 4.79 Å². The summed E-state index contributed by atoms with van der Waals surface area (Å²) in [5.74, 6) is -0.364. The maximum absolute atomic E-state index is 10.6. The molecule has 0 aromatic rings. The van der Waals surface area contributed by atoms with Crippen LogP contribution < -0.4 is 5.32 Å². The highest BCUT2D eigenvalue weighted by atomic mass is 16.5. The number of carbonyl (C=O) groups excluding carboxylic acids is 1. The molecule has 0 aromatic heterocycles. The molecule has 1 atom stereocenters. The first-order chi connectivity index (χ1) is 4.68. The molecule has 0 saturated carbocycles. The molecule has 0 aliphatic heterocycles. The molecule has 0 aliphatic carbocycles. The molecule has 10 heavy (non-hydrogen) atoms. The summed E-state index contributed by atoms with van der Waals surface area (Å²) in [5, 5.41) is 11.1. The second kappa shape index (κ2) is 5.20. The molecule has 0 rings (SSSR count). The number of carbonyl (C=O) groups is 1. The molecule has 0 spiro atoms. The van der Waals surface area contributed by atoms with Crippen LogP contribution in [0.4, 0.5) is 0 Å². The number of ether oxygens (including phenoxy) is 1. The molecular weight excluding hydrogens is 134 g/mol. The molecule has 0 heterocycles. The Morgan fingerprint density at radius 1 is 1.80 bits per heavy atom. The van der Waals surface area contributed by atoms with Crippen molar-refractivity contribution in [1.29, 1.82) is 0 Å². The molecule has 1 amide bonds. The molecule has 0 bridgehead atoms. The van der Waals surface area contributed by atoms with Crippen LogP contribution in [0.1, 0.15) is 6.92 Å². The smallest absolute Gasteiger partial charge is 0.248 e. The van der Waals surface area contributed by atoms with Crippen LogP contribution in [0.2, 0.25) is 0 Å². The summed E-state index contributed by atoms with van der Waals surface area (Å²) in [6.07, 6.45) is -0.933. The van der Waals surface area contributed by atoms with E-state index in [0.717, 1.165) is 0 Å². The van der Waals surface area contributed by atoms with Gasteiger partial charge in [0.15, 0.2) is 0 Å². The van der Waals surface area contributed by atoms with Crippen molar-refractivity contribution in [3.8, 4) is 0 Å². The largest absolute Gasteiger partial charge is 0.384 e. The number of aliphatic hydroxyl groups excluding tert-OH is 1. The van der Waals surface area contributed by atoms with Gasteiger partial charge in [0.25, 0.3) is 0 Å². The van der Waals surface area contributed by atoms with E-state index in [0.29, 0.717) is 13.2 Å². The highest BCUT2D eigenvalue weighted by Crippen LogP contribution is 1.77. The van der Waals surface area contributed by atoms with E-state index in [-0.39, 0.29) is 5.91 Å². The van der Waals surface area contributed by atoms with Crippen molar-refractivity contribution in [2.24, 2.45) is 0 Å². The summed E-state index contributed by atoms with van der Waals surface area (Å²) in [7, 11) is 1.55. The highest BCUT2D eigenvalue weighted by molar-refractivity contribution is 5.79. The Morgan fingerprint density at radius 3 is 2.80 bits per heavy atom. The summed E-state index contributed by atoms with van der Waals surface area (Å²) < 4.78 is 4.68. The molecule has 0 aliphatic rings. The van der Waals surface area contributed by atoms with Gasteiger partial charge < -0.3 is 15.2 Å². The number of hydrogen-bond acceptors (Lipinski definition) is 3. The van der Waals surface area contributed by atoms with E-state index >= 15 is 0 Å². The minimum atomic E-state index is -0.933. The van der Waals surface area contributed by atoms with E-state index in [2.05, 4.69) is 10.1 Å². The lowest BCUT2D eigenvalue weighted by Gasteiger charge is -2.04. The molecule has 0 fully saturated rings. The van der Waals surface area contributed by atoms with Gasteiger partial charge in [0.1, 0.15) is 6.10 Å². The number of rotatable bonds is 4. The predicted molar refractivity (Wildman–Crippen MR) is 36.6 cm³/mol. The number of nitrogens with one attached hydrogen (secondary N) is 1. The Hall–Kier alpha value is -0.610. The molecular formula is C6H13NO3. The zero-order valence-electron chi connectivity index (χ0n) is 6.26. The number of aliphatic hydroxyl groups is 1. The van der Waals surface area contributed by atoms with Crippen molar-refractivity contribution in [3.05, 3.63) is 0 Å². The maximum Gasteiger partial charge on any atom is 0.248 e. The van der Waals surface area contributed by atoms with Gasteiger partial charge in [-0.25, -0.2) is 0 Å². The number of amides is 1. The van der Waals surface area contributed by atoms with Gasteiger partial charge in [-0.1, -0.05) is 0 Å². The molecule has 0 radical (unpaired) electrons. The van der Waals surface area contributed by atoms with Gasteiger partial charge in [0.05, 0.1) is 6.61 Å². The summed E-state index contributed by atoms with van der Waals surface area (Å²) in [6, 6.07) is 0. The molecule has 0 saturated heterocycles. The van der Waals surface area contributed by atoms with Gasteiger partial charge in [0, 0.05) is 13.7 Å². The zero-order valence-corrected chi connectivity index (χ0v) is 6.26. The Kier molecular flexibility index (Phi) is 4.88. The Bertz CT molecular complexity index is 103. The third-order valence-corrected chi connectivity index (χ3v) is 0.985. The molecule has 60 valence electrons. The Labute approximate surface area is 60.2 Å². The lowest BCUT2D eigenvalue weighted by molar-refractivity contribution is -0.128. The van der Waals surface area contributed by atoms with Gasteiger partial charge in [-0.05, 0) is 6.92 Å². The van der Waals surface area contributed by atoms with Crippen molar-refractivity contribution < 1.29 is 14.6 Å². The normalized spacial score (nSPS) is 12.7. The van der Waals surface area contributed by atoms with E-state index in [1.54, 1.807) is 7.11 Å². The van der Waals surface area contributed by atoms with Gasteiger partial charge in [-0.3, -0.25) is 4.79 Å². The van der Waals surface area contributed by atoms with E-state index in [1.165, 1.54) is 6.92 Å². The van der Waals surface area contributed by atoms with Crippen LogP contribution in [0.5, 0.6) is 0 Å². The molecule has 4 nitrogen and oxygen atoms in total. The van der Waals surface area contributed by atoms with E-state index in [1.807, 2.05) is 0 Å². The van der Waals surface area contributed by atoms with Crippen molar-refractivity contribution >= 4 is 5.91 Å². The van der Waals surface area contributed by atoms with Gasteiger partial charge in [-0.15, -0.1) is 0 Å². The van der Waals surface area contributed by atoms with Crippen molar-refractivity contribution in [2.75, 3.05) is 20.3 Å². The quantitative estimate of drug-likeness (QED) is 0.508. The van der Waals surface area contributed by atoms with Gasteiger partial charge in [-0.2, -0.15) is 0 Å². The highest BCUT2D eigenvalue weighted by Gasteiger charge is 2.05. The first kappa shape index (κ1) is 9.39. The average molecular weight is 147 g/mol. The van der Waals surface area contributed by atoms with Crippen LogP contribution in [-0.4, -0.2) is 37.4 Å². The Balaban J connectivity index is 3.22. The standard InChI is InChI=1S/C6H13NO3/c1-5(8)6(9)7-3-4-10-2/h5,8H,3-4H2,1-2H3,(H,7,9)/t5-/m1/s1. The summed E-state index contributed by atoms with van der Waals surface area (Å²) in [4.78, 5) is 10.6. The van der Waals surface area contributed by atoms with E-state index in [4.69, 9.17) is 5.11 Å². The lowest BCUT2D eigenvalue weighted by atomic mass is 10.4. The minimum Gasteiger partial charge on any atom is -0.384 e. The third-order valence-electron chi connectivity index (χ3n) is 0.985. The predicted octanol–water partition coefficient (Wildman–Crippen LogP) is -0.870. The van der Waals surface area contributed by atoms with Crippen molar-refractivity contribution in [2.45, 2.75) is 13.0 Å². The van der Waals surface area contributed by atoms with Crippen molar-refractivity contribution in [1.82, 2.24) is 5.32 Å². The summed E-state index contributed by atoms with van der Waals surface area (Å²) in [5.41, 5.74) is 0. The first-order valence-electron chi connectivity index (χ1n) is 3.13. The minimum absolute atomic E-state index is 0.364. The topological polar surface area (TPSA) is 58.6 Å². The molecule has 2 N–H and O–H groups in total. The fraction of sp³-hybridized carbons (Fsp3) is 0.833. The number of methoxy groups -OCH3 is 1. The van der Waals surface area contributed by atoms with Crippen LogP contribution in [0.3, 0.4) is 0 Å².